The van der Waals surface area contributed by atoms with Crippen molar-refractivity contribution in [3.05, 3.63) is 34.3 Å². The van der Waals surface area contributed by atoms with Crippen molar-refractivity contribution >= 4 is 15.9 Å². The lowest BCUT2D eigenvalue weighted by Gasteiger charge is -2.20. The van der Waals surface area contributed by atoms with Crippen LogP contribution in [-0.4, -0.2) is 26.3 Å². The molecule has 0 saturated carbocycles. The Labute approximate surface area is 119 Å². The number of nitrogens with one attached hydrogen (secondary N) is 1. The molecule has 3 heteroatoms. The van der Waals surface area contributed by atoms with Gasteiger partial charge in [-0.1, -0.05) is 41.9 Å². The van der Waals surface area contributed by atoms with E-state index in [1.165, 1.54) is 5.56 Å². The highest BCUT2D eigenvalue weighted by Crippen LogP contribution is 2.22. The highest BCUT2D eigenvalue weighted by atomic mass is 79.9. The van der Waals surface area contributed by atoms with E-state index in [0.717, 1.165) is 30.5 Å². The number of ether oxygens (including phenoxy) is 1. The van der Waals surface area contributed by atoms with Crippen LogP contribution < -0.4 is 5.32 Å². The molecule has 0 aromatic heterocycles. The monoisotopic (exact) mass is 313 g/mol. The van der Waals surface area contributed by atoms with E-state index in [1.54, 1.807) is 7.11 Å². The molecule has 1 aromatic rings. The highest BCUT2D eigenvalue weighted by Gasteiger charge is 2.11. The van der Waals surface area contributed by atoms with E-state index in [-0.39, 0.29) is 0 Å². The summed E-state index contributed by atoms with van der Waals surface area (Å²) in [5, 5.41) is 3.53. The summed E-state index contributed by atoms with van der Waals surface area (Å²) in [7, 11) is 1.76. The zero-order valence-electron chi connectivity index (χ0n) is 11.6. The zero-order chi connectivity index (χ0) is 13.4. The maximum atomic E-state index is 5.14. The molecule has 0 bridgehead atoms. The molecule has 0 saturated heterocycles. The normalized spacial score (nSPS) is 12.9. The first-order chi connectivity index (χ1) is 8.63. The fourth-order valence-corrected chi connectivity index (χ4v) is 2.24. The van der Waals surface area contributed by atoms with E-state index < -0.39 is 0 Å². The van der Waals surface area contributed by atoms with Crippen molar-refractivity contribution in [1.82, 2.24) is 5.32 Å². The fourth-order valence-electron chi connectivity index (χ4n) is 1.97. The number of hydrogen-bond donors (Lipinski definition) is 1. The molecule has 1 N–H and O–H groups in total. The van der Waals surface area contributed by atoms with Gasteiger partial charge in [0.2, 0.25) is 0 Å². The molecule has 0 heterocycles. The van der Waals surface area contributed by atoms with Crippen molar-refractivity contribution < 1.29 is 4.74 Å². The summed E-state index contributed by atoms with van der Waals surface area (Å²) in [6.07, 6.45) is 2.27. The second-order valence-electron chi connectivity index (χ2n) is 4.95. The van der Waals surface area contributed by atoms with Crippen molar-refractivity contribution in [2.75, 3.05) is 20.3 Å². The van der Waals surface area contributed by atoms with Gasteiger partial charge < -0.3 is 10.1 Å². The molecule has 0 aliphatic carbocycles. The van der Waals surface area contributed by atoms with Crippen LogP contribution in [0.15, 0.2) is 28.7 Å². The Morgan fingerprint density at radius 1 is 1.22 bits per heavy atom. The average Bonchev–Trinajstić information content (AvgIpc) is 2.34. The van der Waals surface area contributed by atoms with Gasteiger partial charge in [0.05, 0.1) is 0 Å². The minimum Gasteiger partial charge on any atom is -0.385 e. The number of rotatable bonds is 8. The lowest BCUT2D eigenvalue weighted by atomic mass is 9.94. The van der Waals surface area contributed by atoms with Crippen LogP contribution in [-0.2, 0) is 4.74 Å². The van der Waals surface area contributed by atoms with Crippen LogP contribution in [0.5, 0.6) is 0 Å². The molecule has 0 aliphatic heterocycles. The predicted octanol–water partition coefficient (Wildman–Crippen LogP) is 3.96. The smallest absolute Gasteiger partial charge is 0.0462 e. The Kier molecular flexibility index (Phi) is 7.56. The molecule has 0 fully saturated rings. The van der Waals surface area contributed by atoms with Gasteiger partial charge in [0.25, 0.3) is 0 Å². The van der Waals surface area contributed by atoms with Crippen molar-refractivity contribution in [2.45, 2.75) is 38.6 Å². The predicted molar refractivity (Wildman–Crippen MR) is 81.1 cm³/mol. The molecule has 0 radical (unpaired) electrons. The molecule has 102 valence electrons. The Hall–Kier alpha value is -0.380. The minimum atomic E-state index is 0.533. The quantitative estimate of drug-likeness (QED) is 0.734. The van der Waals surface area contributed by atoms with Crippen LogP contribution in [0.4, 0.5) is 0 Å². The molecule has 0 aliphatic rings. The number of hydrogen-bond acceptors (Lipinski definition) is 2. The van der Waals surface area contributed by atoms with Crippen LogP contribution in [0.1, 0.15) is 38.2 Å². The summed E-state index contributed by atoms with van der Waals surface area (Å²) >= 11 is 3.49. The van der Waals surface area contributed by atoms with Gasteiger partial charge in [-0.3, -0.25) is 0 Å². The van der Waals surface area contributed by atoms with Crippen LogP contribution in [0.3, 0.4) is 0 Å². The first-order valence-electron chi connectivity index (χ1n) is 6.61. The zero-order valence-corrected chi connectivity index (χ0v) is 13.2. The third kappa shape index (κ3) is 5.98. The Balaban J connectivity index is 2.60. The van der Waals surface area contributed by atoms with Gasteiger partial charge in [0.1, 0.15) is 0 Å². The summed E-state index contributed by atoms with van der Waals surface area (Å²) < 4.78 is 6.28. The molecule has 1 rings (SSSR count). The van der Waals surface area contributed by atoms with Crippen molar-refractivity contribution in [3.8, 4) is 0 Å². The molecule has 1 unspecified atom stereocenters. The molecule has 0 spiro atoms. The topological polar surface area (TPSA) is 21.3 Å². The van der Waals surface area contributed by atoms with Crippen LogP contribution in [0.25, 0.3) is 0 Å². The molecule has 0 amide bonds. The Morgan fingerprint density at radius 3 is 2.44 bits per heavy atom. The lowest BCUT2D eigenvalue weighted by Crippen LogP contribution is -2.28. The molecular weight excluding hydrogens is 290 g/mol. The van der Waals surface area contributed by atoms with Crippen molar-refractivity contribution in [1.29, 1.82) is 0 Å². The van der Waals surface area contributed by atoms with Crippen LogP contribution >= 0.6 is 15.9 Å². The Bertz CT molecular complexity index is 324. The summed E-state index contributed by atoms with van der Waals surface area (Å²) in [6.45, 7) is 6.25. The molecule has 18 heavy (non-hydrogen) atoms. The van der Waals surface area contributed by atoms with Gasteiger partial charge in [0, 0.05) is 30.8 Å². The second kappa shape index (κ2) is 8.68. The van der Waals surface area contributed by atoms with E-state index in [2.05, 4.69) is 59.4 Å². The van der Waals surface area contributed by atoms with Crippen LogP contribution in [0.2, 0.25) is 0 Å². The summed E-state index contributed by atoms with van der Waals surface area (Å²) in [4.78, 5) is 0. The molecule has 1 atom stereocenters. The van der Waals surface area contributed by atoms with E-state index in [4.69, 9.17) is 4.74 Å². The maximum Gasteiger partial charge on any atom is 0.0462 e. The maximum absolute atomic E-state index is 5.14. The Morgan fingerprint density at radius 2 is 1.89 bits per heavy atom. The number of methoxy groups -OCH3 is 1. The van der Waals surface area contributed by atoms with E-state index in [0.29, 0.717) is 12.0 Å². The van der Waals surface area contributed by atoms with Gasteiger partial charge in [0.15, 0.2) is 0 Å². The molecular formula is C15H24BrNO. The third-order valence-electron chi connectivity index (χ3n) is 3.01. The van der Waals surface area contributed by atoms with Crippen LogP contribution in [0, 0.1) is 0 Å². The molecule has 2 nitrogen and oxygen atoms in total. The number of halogens is 1. The summed E-state index contributed by atoms with van der Waals surface area (Å²) in [5.74, 6) is 0.565. The molecule has 1 aromatic carbocycles. The van der Waals surface area contributed by atoms with Gasteiger partial charge in [-0.05, 0) is 36.5 Å². The summed E-state index contributed by atoms with van der Waals surface area (Å²) in [5.41, 5.74) is 1.41. The van der Waals surface area contributed by atoms with Gasteiger partial charge in [-0.25, -0.2) is 0 Å². The van der Waals surface area contributed by atoms with E-state index in [1.807, 2.05) is 0 Å². The summed E-state index contributed by atoms with van der Waals surface area (Å²) in [6, 6.07) is 9.19. The fraction of sp³-hybridized carbons (Fsp3) is 0.600. The van der Waals surface area contributed by atoms with Gasteiger partial charge in [-0.15, -0.1) is 0 Å². The SMILES string of the molecule is COCCCC(CNC(C)C)c1ccc(Br)cc1. The second-order valence-corrected chi connectivity index (χ2v) is 5.86. The first-order valence-corrected chi connectivity index (χ1v) is 7.40. The van der Waals surface area contributed by atoms with E-state index in [9.17, 15) is 0 Å². The minimum absolute atomic E-state index is 0.533. The first kappa shape index (κ1) is 15.7. The van der Waals surface area contributed by atoms with Gasteiger partial charge >= 0.3 is 0 Å². The van der Waals surface area contributed by atoms with Crippen molar-refractivity contribution in [2.24, 2.45) is 0 Å². The van der Waals surface area contributed by atoms with Gasteiger partial charge in [-0.2, -0.15) is 0 Å². The largest absolute Gasteiger partial charge is 0.385 e. The average molecular weight is 314 g/mol. The lowest BCUT2D eigenvalue weighted by molar-refractivity contribution is 0.190. The highest BCUT2D eigenvalue weighted by molar-refractivity contribution is 9.10. The standard InChI is InChI=1S/C15H24BrNO/c1-12(2)17-11-14(5-4-10-18-3)13-6-8-15(16)9-7-13/h6-9,12,14,17H,4-5,10-11H2,1-3H3. The van der Waals surface area contributed by atoms with E-state index >= 15 is 0 Å². The third-order valence-corrected chi connectivity index (χ3v) is 3.54. The van der Waals surface area contributed by atoms with Crippen molar-refractivity contribution in [3.63, 3.8) is 0 Å². The number of benzene rings is 1.